The third-order valence-electron chi connectivity index (χ3n) is 5.94. The molecule has 27 heavy (non-hydrogen) atoms. The number of guanidine groups is 1. The van der Waals surface area contributed by atoms with Gasteiger partial charge in [0.15, 0.2) is 5.96 Å². The van der Waals surface area contributed by atoms with E-state index in [0.29, 0.717) is 6.61 Å². The van der Waals surface area contributed by atoms with E-state index in [9.17, 15) is 4.79 Å². The van der Waals surface area contributed by atoms with Crippen LogP contribution in [0.15, 0.2) is 29.3 Å². The Morgan fingerprint density at radius 1 is 1.22 bits per heavy atom. The van der Waals surface area contributed by atoms with Gasteiger partial charge >= 0.3 is 0 Å². The number of carbonyl (C=O) groups excluding carboxylic acids is 1. The zero-order valence-electron chi connectivity index (χ0n) is 16.4. The maximum atomic E-state index is 12.1. The summed E-state index contributed by atoms with van der Waals surface area (Å²) in [6.45, 7) is 2.96. The number of benzene rings is 1. The highest BCUT2D eigenvalue weighted by Gasteiger charge is 2.37. The monoisotopic (exact) mass is 370 g/mol. The van der Waals surface area contributed by atoms with Gasteiger partial charge in [-0.15, -0.1) is 0 Å². The molecule has 1 amide bonds. The van der Waals surface area contributed by atoms with Gasteiger partial charge in [-0.2, -0.15) is 0 Å². The van der Waals surface area contributed by atoms with Crippen LogP contribution in [0.25, 0.3) is 0 Å². The van der Waals surface area contributed by atoms with Crippen molar-refractivity contribution in [2.75, 3.05) is 40.3 Å². The van der Waals surface area contributed by atoms with Crippen LogP contribution >= 0.6 is 0 Å². The van der Waals surface area contributed by atoms with Crippen LogP contribution in [0.3, 0.4) is 0 Å². The summed E-state index contributed by atoms with van der Waals surface area (Å²) in [5.41, 5.74) is 1.17. The van der Waals surface area contributed by atoms with Gasteiger partial charge in [0.1, 0.15) is 12.3 Å². The van der Waals surface area contributed by atoms with Gasteiger partial charge in [0, 0.05) is 39.2 Å². The van der Waals surface area contributed by atoms with Crippen molar-refractivity contribution in [1.82, 2.24) is 15.1 Å². The van der Waals surface area contributed by atoms with E-state index in [1.165, 1.54) is 24.8 Å². The number of carbonyl (C=O) groups is 1. The summed E-state index contributed by atoms with van der Waals surface area (Å²) in [5, 5.41) is 3.65. The topological polar surface area (TPSA) is 57.2 Å². The number of amides is 1. The maximum absolute atomic E-state index is 12.1. The molecule has 1 aliphatic carbocycles. The second-order valence-corrected chi connectivity index (χ2v) is 8.13. The lowest BCUT2D eigenvalue weighted by molar-refractivity contribution is -0.127. The predicted octanol–water partition coefficient (Wildman–Crippen LogP) is 2.28. The van der Waals surface area contributed by atoms with Gasteiger partial charge in [-0.25, -0.2) is 4.99 Å². The molecular formula is C21H30N4O2. The first kappa shape index (κ1) is 18.1. The number of fused-ring (bicyclic) bond motifs is 1. The Bertz CT molecular complexity index is 714. The molecule has 0 bridgehead atoms. The van der Waals surface area contributed by atoms with Crippen LogP contribution < -0.4 is 10.1 Å². The van der Waals surface area contributed by atoms with Crippen LogP contribution in [0.5, 0.6) is 5.75 Å². The van der Waals surface area contributed by atoms with E-state index in [1.807, 2.05) is 18.2 Å². The van der Waals surface area contributed by atoms with Crippen molar-refractivity contribution in [3.63, 3.8) is 0 Å². The Hall–Kier alpha value is -2.24. The van der Waals surface area contributed by atoms with Crippen molar-refractivity contribution in [1.29, 1.82) is 0 Å². The van der Waals surface area contributed by atoms with Crippen molar-refractivity contribution in [2.45, 2.75) is 31.7 Å². The molecule has 6 nitrogen and oxygen atoms in total. The van der Waals surface area contributed by atoms with Crippen molar-refractivity contribution in [3.8, 4) is 5.75 Å². The molecule has 3 aliphatic rings. The van der Waals surface area contributed by atoms with Crippen molar-refractivity contribution in [3.05, 3.63) is 29.8 Å². The number of rotatable bonds is 4. The molecule has 0 aromatic heterocycles. The lowest BCUT2D eigenvalue weighted by Crippen LogP contribution is -2.43. The largest absolute Gasteiger partial charge is 0.493 e. The number of nitrogens with one attached hydrogen (secondary N) is 1. The Labute approximate surface area is 161 Å². The molecule has 2 heterocycles. The number of hydrogen-bond donors (Lipinski definition) is 1. The van der Waals surface area contributed by atoms with Crippen molar-refractivity contribution in [2.24, 2.45) is 16.8 Å². The molecule has 1 saturated carbocycles. The van der Waals surface area contributed by atoms with E-state index in [-0.39, 0.29) is 18.5 Å². The predicted molar refractivity (Wildman–Crippen MR) is 106 cm³/mol. The molecule has 146 valence electrons. The lowest BCUT2D eigenvalue weighted by Gasteiger charge is -2.31. The van der Waals surface area contributed by atoms with Gasteiger partial charge in [-0.3, -0.25) is 4.79 Å². The van der Waals surface area contributed by atoms with E-state index in [0.717, 1.165) is 43.1 Å². The lowest BCUT2D eigenvalue weighted by atomic mass is 10.0. The fourth-order valence-corrected chi connectivity index (χ4v) is 4.10. The van der Waals surface area contributed by atoms with Crippen LogP contribution in [0.4, 0.5) is 0 Å². The average Bonchev–Trinajstić information content (AvgIpc) is 3.42. The van der Waals surface area contributed by atoms with Crippen LogP contribution in [0.1, 0.15) is 37.3 Å². The summed E-state index contributed by atoms with van der Waals surface area (Å²) in [7, 11) is 3.55. The van der Waals surface area contributed by atoms with Crippen LogP contribution in [0.2, 0.25) is 0 Å². The minimum absolute atomic E-state index is 0.0274. The fraction of sp³-hybridized carbons (Fsp3) is 0.619. The Morgan fingerprint density at radius 2 is 2.04 bits per heavy atom. The summed E-state index contributed by atoms with van der Waals surface area (Å²) < 4.78 is 5.79. The van der Waals surface area contributed by atoms with Gasteiger partial charge in [0.2, 0.25) is 5.91 Å². The van der Waals surface area contributed by atoms with E-state index in [4.69, 9.17) is 9.73 Å². The number of hydrogen-bond acceptors (Lipinski definition) is 3. The van der Waals surface area contributed by atoms with Crippen molar-refractivity contribution >= 4 is 11.9 Å². The quantitative estimate of drug-likeness (QED) is 0.653. The second kappa shape index (κ2) is 7.79. The molecule has 1 aromatic rings. The number of para-hydroxylation sites is 1. The van der Waals surface area contributed by atoms with Crippen LogP contribution in [-0.4, -0.2) is 62.0 Å². The summed E-state index contributed by atoms with van der Waals surface area (Å²) in [5.74, 6) is 3.53. The first-order chi connectivity index (χ1) is 13.1. The number of ether oxygens (including phenoxy) is 1. The van der Waals surface area contributed by atoms with Gasteiger partial charge in [-0.1, -0.05) is 18.2 Å². The zero-order chi connectivity index (χ0) is 18.8. The Kier molecular flexibility index (Phi) is 5.23. The smallest absolute Gasteiger partial charge is 0.243 e. The highest BCUT2D eigenvalue weighted by molar-refractivity contribution is 5.85. The number of likely N-dealkylation sites (N-methyl/N-ethyl adjacent to an activating group) is 1. The van der Waals surface area contributed by atoms with Crippen LogP contribution in [-0.2, 0) is 4.79 Å². The molecule has 6 heteroatoms. The molecule has 1 saturated heterocycles. The molecule has 1 aromatic carbocycles. The standard InChI is InChI=1S/C21H30N4O2/c1-24(2)20(26)13-22-21(25-11-9-16(14-25)15-7-8-15)23-18-10-12-27-19-6-4-3-5-17(18)19/h3-6,15-16,18H,7-14H2,1-2H3,(H,22,23). The molecule has 0 spiro atoms. The molecule has 2 atom stereocenters. The van der Waals surface area contributed by atoms with Crippen LogP contribution in [0, 0.1) is 11.8 Å². The number of nitrogens with zero attached hydrogens (tertiary/aromatic N) is 3. The third-order valence-corrected chi connectivity index (χ3v) is 5.94. The summed E-state index contributed by atoms with van der Waals surface area (Å²) in [6, 6.07) is 8.36. The highest BCUT2D eigenvalue weighted by Crippen LogP contribution is 2.41. The SMILES string of the molecule is CN(C)C(=O)CN=C(NC1CCOc2ccccc21)N1CCC(C2CC2)C1. The molecule has 0 radical (unpaired) electrons. The van der Waals surface area contributed by atoms with Gasteiger partial charge in [-0.05, 0) is 37.2 Å². The maximum Gasteiger partial charge on any atom is 0.243 e. The van der Waals surface area contributed by atoms with Gasteiger partial charge < -0.3 is 19.9 Å². The molecule has 1 N–H and O–H groups in total. The first-order valence-corrected chi connectivity index (χ1v) is 10.1. The number of likely N-dealkylation sites (tertiary alicyclic amines) is 1. The summed E-state index contributed by atoms with van der Waals surface area (Å²) >= 11 is 0. The van der Waals surface area contributed by atoms with E-state index < -0.39 is 0 Å². The number of aliphatic imine (C=N–C) groups is 1. The normalized spacial score (nSPS) is 25.0. The zero-order valence-corrected chi connectivity index (χ0v) is 16.4. The summed E-state index contributed by atoms with van der Waals surface area (Å²) in [4.78, 5) is 20.7. The fourth-order valence-electron chi connectivity index (χ4n) is 4.10. The molecule has 2 unspecified atom stereocenters. The highest BCUT2D eigenvalue weighted by atomic mass is 16.5. The first-order valence-electron chi connectivity index (χ1n) is 10.1. The van der Waals surface area contributed by atoms with Crippen molar-refractivity contribution < 1.29 is 9.53 Å². The van der Waals surface area contributed by atoms with Gasteiger partial charge in [0.25, 0.3) is 0 Å². The van der Waals surface area contributed by atoms with E-state index >= 15 is 0 Å². The summed E-state index contributed by atoms with van der Waals surface area (Å²) in [6.07, 6.45) is 4.89. The van der Waals surface area contributed by atoms with E-state index in [2.05, 4.69) is 16.3 Å². The molecule has 2 aliphatic heterocycles. The minimum Gasteiger partial charge on any atom is -0.493 e. The van der Waals surface area contributed by atoms with Gasteiger partial charge in [0.05, 0.1) is 12.6 Å². The Morgan fingerprint density at radius 3 is 2.81 bits per heavy atom. The Balaban J connectivity index is 1.51. The molecular weight excluding hydrogens is 340 g/mol. The third kappa shape index (κ3) is 4.20. The molecule has 4 rings (SSSR count). The minimum atomic E-state index is 0.0274. The average molecular weight is 370 g/mol. The molecule has 2 fully saturated rings. The van der Waals surface area contributed by atoms with E-state index in [1.54, 1.807) is 19.0 Å². The second-order valence-electron chi connectivity index (χ2n) is 8.13.